The Bertz CT molecular complexity index is 2340. The van der Waals surface area contributed by atoms with Crippen LogP contribution in [0.2, 0.25) is 0 Å². The first-order chi connectivity index (χ1) is 22.8. The van der Waals surface area contributed by atoms with Gasteiger partial charge in [0.1, 0.15) is 0 Å². The molecule has 0 unspecified atom stereocenters. The van der Waals surface area contributed by atoms with Crippen LogP contribution in [0.5, 0.6) is 0 Å². The van der Waals surface area contributed by atoms with Gasteiger partial charge in [0.15, 0.2) is 7.28 Å². The van der Waals surface area contributed by atoms with E-state index in [4.69, 9.17) is 0 Å². The van der Waals surface area contributed by atoms with Crippen molar-refractivity contribution in [3.05, 3.63) is 158 Å². The predicted octanol–water partition coefficient (Wildman–Crippen LogP) is 7.64. The molecule has 0 aliphatic carbocycles. The number of hydrogen-bond acceptors (Lipinski definition) is 2. The summed E-state index contributed by atoms with van der Waals surface area (Å²) in [7, 11) is 2.35. The molecule has 3 aliphatic rings. The van der Waals surface area contributed by atoms with Gasteiger partial charge in [-0.05, 0) is 57.4 Å². The molecule has 0 aromatic heterocycles. The molecule has 1 radical (unpaired) electrons. The first-order valence-corrected chi connectivity index (χ1v) is 16.0. The molecule has 0 saturated heterocycles. The highest BCUT2D eigenvalue weighted by Crippen LogP contribution is 2.49. The Kier molecular flexibility index (Phi) is 5.50. The van der Waals surface area contributed by atoms with Crippen LogP contribution in [0.1, 0.15) is 0 Å². The van der Waals surface area contributed by atoms with E-state index in [0.29, 0.717) is 0 Å². The molecule has 10 rings (SSSR count). The average molecular weight is 581 g/mol. The third-order valence-corrected chi connectivity index (χ3v) is 9.92. The second kappa shape index (κ2) is 9.89. The van der Waals surface area contributed by atoms with Crippen LogP contribution in [-0.2, 0) is 0 Å². The van der Waals surface area contributed by atoms with Gasteiger partial charge in [-0.2, -0.15) is 0 Å². The molecule has 211 valence electrons. The number of nitrogens with zero attached hydrogens (tertiary/aromatic N) is 1. The molecule has 4 heteroatoms. The zero-order valence-electron chi connectivity index (χ0n) is 25.1. The smallest absolute Gasteiger partial charge is 0.329 e. The Balaban J connectivity index is 1.29. The van der Waals surface area contributed by atoms with Crippen LogP contribution in [0.3, 0.4) is 0 Å². The minimum Gasteiger partial charge on any atom is -0.376 e. The number of anilines is 4. The number of fused-ring (bicyclic) bond motifs is 17. The molecule has 0 saturated carbocycles. The van der Waals surface area contributed by atoms with Crippen LogP contribution in [-0.4, -0.2) is 14.1 Å². The van der Waals surface area contributed by atoms with Crippen molar-refractivity contribution in [2.75, 3.05) is 10.1 Å². The molecule has 7 aromatic rings. The molecular formula is C42H27B2N2. The van der Waals surface area contributed by atoms with Gasteiger partial charge < -0.3 is 10.1 Å². The van der Waals surface area contributed by atoms with Crippen LogP contribution in [0, 0.1) is 0 Å². The van der Waals surface area contributed by atoms with Crippen molar-refractivity contribution in [1.29, 1.82) is 0 Å². The normalized spacial score (nSPS) is 13.0. The minimum atomic E-state index is 0.0785. The highest BCUT2D eigenvalue weighted by atomic mass is 15.1. The first kappa shape index (κ1) is 25.6. The number of nitrogens with one attached hydrogen (secondary N) is 1. The summed E-state index contributed by atoms with van der Waals surface area (Å²) in [6.07, 6.45) is 0. The molecule has 3 aliphatic heterocycles. The van der Waals surface area contributed by atoms with Crippen LogP contribution >= 0.6 is 0 Å². The van der Waals surface area contributed by atoms with Gasteiger partial charge in [-0.3, -0.25) is 0 Å². The summed E-state index contributed by atoms with van der Waals surface area (Å²) in [6.45, 7) is 0.0785. The van der Waals surface area contributed by atoms with Gasteiger partial charge in [0.25, 0.3) is 0 Å². The Morgan fingerprint density at radius 3 is 1.63 bits per heavy atom. The Labute approximate surface area is 270 Å². The van der Waals surface area contributed by atoms with Gasteiger partial charge in [0.2, 0.25) is 0 Å². The maximum atomic E-state index is 3.95. The minimum absolute atomic E-state index is 0.0785. The maximum absolute atomic E-state index is 3.95. The standard InChI is InChI=1S/C42H27B2N2/c1-7-19-35-27(13-1)31-17-5-11-23-39(31)45-40-25-34-30-16-4-10-22-38(30)44-37-21-9-3-15-29(37)32-18-6-12-24-41(32)46(44)42(34)26-33(40)28-14-2-8-20-36(28)43-35/h1-26,45H. The van der Waals surface area contributed by atoms with Gasteiger partial charge >= 0.3 is 6.85 Å². The lowest BCUT2D eigenvalue weighted by molar-refractivity contribution is 1.35. The molecule has 0 bridgehead atoms. The molecule has 2 nitrogen and oxygen atoms in total. The highest BCUT2D eigenvalue weighted by Gasteiger charge is 2.42. The number of rotatable bonds is 0. The van der Waals surface area contributed by atoms with E-state index in [1.165, 1.54) is 77.7 Å². The maximum Gasteiger partial charge on any atom is 0.329 e. The Morgan fingerprint density at radius 2 is 0.913 bits per heavy atom. The second-order valence-electron chi connectivity index (χ2n) is 12.4. The Morgan fingerprint density at radius 1 is 0.391 bits per heavy atom. The fourth-order valence-corrected chi connectivity index (χ4v) is 7.93. The Hall–Kier alpha value is -5.73. The van der Waals surface area contributed by atoms with E-state index in [0.717, 1.165) is 11.4 Å². The van der Waals surface area contributed by atoms with E-state index >= 15 is 0 Å². The zero-order chi connectivity index (χ0) is 30.2. The third-order valence-electron chi connectivity index (χ3n) is 9.92. The van der Waals surface area contributed by atoms with Crippen LogP contribution in [0.4, 0.5) is 22.7 Å². The molecule has 3 heterocycles. The monoisotopic (exact) mass is 581 g/mol. The second-order valence-corrected chi connectivity index (χ2v) is 12.4. The molecule has 0 fully saturated rings. The molecule has 0 atom stereocenters. The highest BCUT2D eigenvalue weighted by molar-refractivity contribution is 6.92. The van der Waals surface area contributed by atoms with Gasteiger partial charge in [0.05, 0.1) is 0 Å². The summed E-state index contributed by atoms with van der Waals surface area (Å²) in [5, 5.41) is 3.95. The number of hydrogen-bond donors (Lipinski definition) is 1. The topological polar surface area (TPSA) is 15.3 Å². The van der Waals surface area contributed by atoms with Crippen molar-refractivity contribution in [3.63, 3.8) is 0 Å². The average Bonchev–Trinajstić information content (AvgIpc) is 3.12. The molecule has 1 N–H and O–H groups in total. The largest absolute Gasteiger partial charge is 0.376 e. The van der Waals surface area contributed by atoms with E-state index in [1.54, 1.807) is 0 Å². The van der Waals surface area contributed by atoms with Gasteiger partial charge in [-0.15, -0.1) is 0 Å². The van der Waals surface area contributed by atoms with E-state index in [2.05, 4.69) is 175 Å². The van der Waals surface area contributed by atoms with Crippen molar-refractivity contribution in [2.45, 2.75) is 0 Å². The van der Waals surface area contributed by atoms with E-state index in [-0.39, 0.29) is 6.85 Å². The fraction of sp³-hybridized carbons (Fsp3) is 0. The van der Waals surface area contributed by atoms with Crippen molar-refractivity contribution >= 4 is 58.7 Å². The SMILES string of the molecule is [B]1c2ccccc2-c2ccccc2Nc2cc3c(cc2-c2ccccc21)N1B(c2ccccc2-c2ccccc21)c1ccccc1-3. The third kappa shape index (κ3) is 3.68. The van der Waals surface area contributed by atoms with E-state index < -0.39 is 0 Å². The van der Waals surface area contributed by atoms with Gasteiger partial charge in [0, 0.05) is 45.0 Å². The van der Waals surface area contributed by atoms with Gasteiger partial charge in [-0.25, -0.2) is 0 Å². The lowest BCUT2D eigenvalue weighted by Crippen LogP contribution is -2.59. The van der Waals surface area contributed by atoms with Crippen LogP contribution < -0.4 is 32.0 Å². The molecule has 46 heavy (non-hydrogen) atoms. The zero-order valence-corrected chi connectivity index (χ0v) is 25.1. The fourth-order valence-electron chi connectivity index (χ4n) is 7.93. The summed E-state index contributed by atoms with van der Waals surface area (Å²) in [5.41, 5.74) is 19.7. The lowest BCUT2D eigenvalue weighted by atomic mass is 9.43. The van der Waals surface area contributed by atoms with Gasteiger partial charge in [-0.1, -0.05) is 144 Å². The lowest BCUT2D eigenvalue weighted by Gasteiger charge is -2.43. The quantitative estimate of drug-likeness (QED) is 0.185. The van der Waals surface area contributed by atoms with E-state index in [1.807, 2.05) is 0 Å². The van der Waals surface area contributed by atoms with Crippen molar-refractivity contribution in [2.24, 2.45) is 0 Å². The number of benzene rings is 7. The van der Waals surface area contributed by atoms with Crippen LogP contribution in [0.25, 0.3) is 44.5 Å². The van der Waals surface area contributed by atoms with Crippen molar-refractivity contribution < 1.29 is 0 Å². The van der Waals surface area contributed by atoms with Crippen molar-refractivity contribution in [3.8, 4) is 44.5 Å². The molecular weight excluding hydrogens is 554 g/mol. The summed E-state index contributed by atoms with van der Waals surface area (Å²) in [6, 6.07) is 57.8. The first-order valence-electron chi connectivity index (χ1n) is 16.0. The summed E-state index contributed by atoms with van der Waals surface area (Å²) in [4.78, 5) is 2.59. The number of para-hydroxylation sites is 2. The molecule has 0 amide bonds. The molecule has 7 aromatic carbocycles. The summed E-state index contributed by atoms with van der Waals surface area (Å²) in [5.74, 6) is 0. The summed E-state index contributed by atoms with van der Waals surface area (Å²) < 4.78 is 0. The van der Waals surface area contributed by atoms with E-state index in [9.17, 15) is 0 Å². The predicted molar refractivity (Wildman–Crippen MR) is 197 cm³/mol. The summed E-state index contributed by atoms with van der Waals surface area (Å²) >= 11 is 0. The van der Waals surface area contributed by atoms with Crippen LogP contribution in [0.15, 0.2) is 158 Å². The van der Waals surface area contributed by atoms with Crippen molar-refractivity contribution in [1.82, 2.24) is 0 Å². The molecule has 0 spiro atoms.